The molecule has 122 valence electrons. The second-order valence-corrected chi connectivity index (χ2v) is 6.48. The fraction of sp³-hybridized carbons (Fsp3) is 0.278. The quantitative estimate of drug-likeness (QED) is 0.730. The van der Waals surface area contributed by atoms with E-state index in [4.69, 9.17) is 16.3 Å². The highest BCUT2D eigenvalue weighted by molar-refractivity contribution is 7.99. The Morgan fingerprint density at radius 3 is 2.74 bits per heavy atom. The molecule has 0 atom stereocenters. The molecule has 0 saturated heterocycles. The average molecular weight is 350 g/mol. The van der Waals surface area contributed by atoms with Crippen molar-refractivity contribution in [1.82, 2.24) is 5.32 Å². The van der Waals surface area contributed by atoms with Crippen molar-refractivity contribution in [2.75, 3.05) is 18.9 Å². The molecule has 2 aromatic rings. The zero-order valence-electron chi connectivity index (χ0n) is 13.0. The summed E-state index contributed by atoms with van der Waals surface area (Å²) in [5, 5.41) is 3.53. The van der Waals surface area contributed by atoms with Crippen LogP contribution < -0.4 is 10.1 Å². The van der Waals surface area contributed by atoms with Crippen molar-refractivity contribution in [2.24, 2.45) is 0 Å². The molecular formula is C18H20ClNO2S. The highest BCUT2D eigenvalue weighted by Crippen LogP contribution is 2.21. The Bertz CT molecular complexity index is 634. The van der Waals surface area contributed by atoms with Crippen molar-refractivity contribution in [3.05, 3.63) is 64.7 Å². The summed E-state index contributed by atoms with van der Waals surface area (Å²) in [6, 6.07) is 15.7. The standard InChI is InChI=1S/C18H20ClNO2S/c1-14-7-8-16(11-17(14)19)22-10-9-20-18(21)13-23-12-15-5-3-2-4-6-15/h2-8,11H,9-10,12-13H2,1H3,(H,20,21). The molecule has 2 rings (SSSR count). The largest absolute Gasteiger partial charge is 0.492 e. The van der Waals surface area contributed by atoms with Crippen LogP contribution in [-0.4, -0.2) is 24.8 Å². The van der Waals surface area contributed by atoms with Crippen LogP contribution in [0.15, 0.2) is 48.5 Å². The number of carbonyl (C=O) groups is 1. The number of hydrogen-bond donors (Lipinski definition) is 1. The molecule has 0 aliphatic heterocycles. The van der Waals surface area contributed by atoms with E-state index in [9.17, 15) is 4.79 Å². The number of carbonyl (C=O) groups excluding carboxylic acids is 1. The van der Waals surface area contributed by atoms with Gasteiger partial charge in [-0.15, -0.1) is 11.8 Å². The number of aryl methyl sites for hydroxylation is 1. The van der Waals surface area contributed by atoms with Crippen LogP contribution in [0.5, 0.6) is 5.75 Å². The van der Waals surface area contributed by atoms with Gasteiger partial charge >= 0.3 is 0 Å². The van der Waals surface area contributed by atoms with Gasteiger partial charge in [-0.25, -0.2) is 0 Å². The fourth-order valence-electron chi connectivity index (χ4n) is 1.91. The third kappa shape index (κ3) is 6.55. The number of thioether (sulfide) groups is 1. The normalized spacial score (nSPS) is 10.3. The molecule has 0 bridgehead atoms. The number of hydrogen-bond acceptors (Lipinski definition) is 3. The van der Waals surface area contributed by atoms with Crippen LogP contribution in [0.25, 0.3) is 0 Å². The summed E-state index contributed by atoms with van der Waals surface area (Å²) in [5.74, 6) is 2.03. The molecule has 0 unspecified atom stereocenters. The topological polar surface area (TPSA) is 38.3 Å². The van der Waals surface area contributed by atoms with Gasteiger partial charge in [-0.2, -0.15) is 0 Å². The highest BCUT2D eigenvalue weighted by Gasteiger charge is 2.02. The molecular weight excluding hydrogens is 330 g/mol. The molecule has 0 spiro atoms. The lowest BCUT2D eigenvalue weighted by atomic mass is 10.2. The van der Waals surface area contributed by atoms with E-state index in [2.05, 4.69) is 17.4 Å². The van der Waals surface area contributed by atoms with E-state index < -0.39 is 0 Å². The van der Waals surface area contributed by atoms with Crippen LogP contribution >= 0.6 is 23.4 Å². The predicted octanol–water partition coefficient (Wildman–Crippen LogP) is 4.08. The molecule has 1 N–H and O–H groups in total. The van der Waals surface area contributed by atoms with Crippen molar-refractivity contribution in [1.29, 1.82) is 0 Å². The molecule has 0 saturated carbocycles. The second-order valence-electron chi connectivity index (χ2n) is 5.09. The maximum absolute atomic E-state index is 11.7. The summed E-state index contributed by atoms with van der Waals surface area (Å²) in [5.41, 5.74) is 2.24. The zero-order chi connectivity index (χ0) is 16.5. The Labute approximate surface area is 146 Å². The molecule has 3 nitrogen and oxygen atoms in total. The number of nitrogens with one attached hydrogen (secondary N) is 1. The van der Waals surface area contributed by atoms with Gasteiger partial charge in [-0.05, 0) is 30.2 Å². The number of amides is 1. The smallest absolute Gasteiger partial charge is 0.230 e. The lowest BCUT2D eigenvalue weighted by Gasteiger charge is -2.09. The first-order valence-electron chi connectivity index (χ1n) is 7.42. The summed E-state index contributed by atoms with van der Waals surface area (Å²) >= 11 is 7.63. The summed E-state index contributed by atoms with van der Waals surface area (Å²) in [6.45, 7) is 2.85. The van der Waals surface area contributed by atoms with Crippen LogP contribution in [0.3, 0.4) is 0 Å². The predicted molar refractivity (Wildman–Crippen MR) is 97.3 cm³/mol. The van der Waals surface area contributed by atoms with Gasteiger partial charge in [0.2, 0.25) is 5.91 Å². The first-order valence-corrected chi connectivity index (χ1v) is 8.96. The Balaban J connectivity index is 1.58. The van der Waals surface area contributed by atoms with Crippen molar-refractivity contribution in [2.45, 2.75) is 12.7 Å². The molecule has 23 heavy (non-hydrogen) atoms. The minimum absolute atomic E-state index is 0.0245. The minimum atomic E-state index is 0.0245. The lowest BCUT2D eigenvalue weighted by Crippen LogP contribution is -2.29. The molecule has 0 fully saturated rings. The molecule has 2 aromatic carbocycles. The summed E-state index contributed by atoms with van der Waals surface area (Å²) in [7, 11) is 0. The summed E-state index contributed by atoms with van der Waals surface area (Å²) < 4.78 is 5.56. The van der Waals surface area contributed by atoms with Gasteiger partial charge < -0.3 is 10.1 Å². The SMILES string of the molecule is Cc1ccc(OCCNC(=O)CSCc2ccccc2)cc1Cl. The van der Waals surface area contributed by atoms with Crippen molar-refractivity contribution in [3.63, 3.8) is 0 Å². The maximum Gasteiger partial charge on any atom is 0.230 e. The fourth-order valence-corrected chi connectivity index (χ4v) is 2.90. The first kappa shape index (κ1) is 17.7. The third-order valence-corrected chi connectivity index (χ3v) is 4.59. The first-order chi connectivity index (χ1) is 11.1. The summed E-state index contributed by atoms with van der Waals surface area (Å²) in [4.78, 5) is 11.7. The van der Waals surface area contributed by atoms with Crippen LogP contribution in [0.2, 0.25) is 5.02 Å². The Morgan fingerprint density at radius 1 is 1.22 bits per heavy atom. The van der Waals surface area contributed by atoms with Crippen LogP contribution in [0, 0.1) is 6.92 Å². The molecule has 0 aromatic heterocycles. The molecule has 0 aliphatic rings. The molecule has 0 radical (unpaired) electrons. The van der Waals surface area contributed by atoms with Gasteiger partial charge in [-0.1, -0.05) is 48.0 Å². The van der Waals surface area contributed by atoms with Gasteiger partial charge in [0.15, 0.2) is 0 Å². The monoisotopic (exact) mass is 349 g/mol. The maximum atomic E-state index is 11.7. The molecule has 1 amide bonds. The van der Waals surface area contributed by atoms with Crippen LogP contribution in [0.4, 0.5) is 0 Å². The lowest BCUT2D eigenvalue weighted by molar-refractivity contribution is -0.118. The Morgan fingerprint density at radius 2 is 2.00 bits per heavy atom. The second kappa shape index (κ2) is 9.48. The minimum Gasteiger partial charge on any atom is -0.492 e. The highest BCUT2D eigenvalue weighted by atomic mass is 35.5. The Hall–Kier alpha value is -1.65. The number of halogens is 1. The molecule has 0 heterocycles. The molecule has 0 aliphatic carbocycles. The van der Waals surface area contributed by atoms with E-state index in [1.165, 1.54) is 5.56 Å². The van der Waals surface area contributed by atoms with E-state index in [-0.39, 0.29) is 5.91 Å². The van der Waals surface area contributed by atoms with E-state index in [0.717, 1.165) is 11.3 Å². The van der Waals surface area contributed by atoms with E-state index in [0.29, 0.717) is 29.7 Å². The average Bonchev–Trinajstić information content (AvgIpc) is 2.56. The zero-order valence-corrected chi connectivity index (χ0v) is 14.6. The van der Waals surface area contributed by atoms with Crippen LogP contribution in [-0.2, 0) is 10.5 Å². The molecule has 5 heteroatoms. The van der Waals surface area contributed by atoms with E-state index in [1.54, 1.807) is 17.8 Å². The van der Waals surface area contributed by atoms with Crippen molar-refractivity contribution >= 4 is 29.3 Å². The van der Waals surface area contributed by atoms with Gasteiger partial charge in [0, 0.05) is 10.8 Å². The van der Waals surface area contributed by atoms with Gasteiger partial charge in [0.05, 0.1) is 12.3 Å². The number of rotatable bonds is 8. The summed E-state index contributed by atoms with van der Waals surface area (Å²) in [6.07, 6.45) is 0. The number of benzene rings is 2. The van der Waals surface area contributed by atoms with Crippen molar-refractivity contribution in [3.8, 4) is 5.75 Å². The number of ether oxygens (including phenoxy) is 1. The van der Waals surface area contributed by atoms with E-state index in [1.807, 2.05) is 37.3 Å². The van der Waals surface area contributed by atoms with Gasteiger partial charge in [0.25, 0.3) is 0 Å². The third-order valence-electron chi connectivity index (χ3n) is 3.18. The van der Waals surface area contributed by atoms with Gasteiger partial charge in [0.1, 0.15) is 12.4 Å². The van der Waals surface area contributed by atoms with Crippen LogP contribution in [0.1, 0.15) is 11.1 Å². The Kier molecular flexibility index (Phi) is 7.30. The van der Waals surface area contributed by atoms with Gasteiger partial charge in [-0.3, -0.25) is 4.79 Å². The van der Waals surface area contributed by atoms with Crippen molar-refractivity contribution < 1.29 is 9.53 Å². The van der Waals surface area contributed by atoms with E-state index >= 15 is 0 Å².